The van der Waals surface area contributed by atoms with Gasteiger partial charge in [-0.25, -0.2) is 4.98 Å². The molecular weight excluding hydrogens is 308 g/mol. The Kier molecular flexibility index (Phi) is 3.39. The molecule has 90 valence electrons. The third kappa shape index (κ3) is 2.31. The van der Waals surface area contributed by atoms with Crippen LogP contribution in [0.3, 0.4) is 0 Å². The minimum Gasteiger partial charge on any atom is -0.295 e. The number of halogens is 1. The monoisotopic (exact) mass is 318 g/mol. The van der Waals surface area contributed by atoms with E-state index >= 15 is 0 Å². The molecule has 0 aliphatic heterocycles. The van der Waals surface area contributed by atoms with Crippen LogP contribution in [-0.2, 0) is 5.75 Å². The number of rotatable bonds is 3. The molecule has 3 rings (SSSR count). The molecule has 0 atom stereocenters. The first-order valence-electron chi connectivity index (χ1n) is 5.63. The van der Waals surface area contributed by atoms with Gasteiger partial charge in [0.1, 0.15) is 0 Å². The molecular formula is C14H11BrN2S. The maximum absolute atomic E-state index is 4.45. The van der Waals surface area contributed by atoms with Crippen molar-refractivity contribution in [2.45, 2.75) is 10.9 Å². The second-order valence-electron chi connectivity index (χ2n) is 3.92. The minimum absolute atomic E-state index is 0.912. The molecule has 0 bridgehead atoms. The van der Waals surface area contributed by atoms with Crippen molar-refractivity contribution in [2.24, 2.45) is 0 Å². The van der Waals surface area contributed by atoms with Crippen molar-refractivity contribution in [2.75, 3.05) is 0 Å². The largest absolute Gasteiger partial charge is 0.295 e. The Bertz CT molecular complexity index is 678. The van der Waals surface area contributed by atoms with E-state index in [0.29, 0.717) is 0 Å². The molecule has 0 fully saturated rings. The van der Waals surface area contributed by atoms with Gasteiger partial charge in [-0.2, -0.15) is 0 Å². The van der Waals surface area contributed by atoms with Crippen molar-refractivity contribution in [3.63, 3.8) is 0 Å². The van der Waals surface area contributed by atoms with E-state index in [1.807, 2.05) is 30.6 Å². The molecule has 18 heavy (non-hydrogen) atoms. The average molecular weight is 319 g/mol. The first-order valence-corrected chi connectivity index (χ1v) is 7.41. The van der Waals surface area contributed by atoms with E-state index in [0.717, 1.165) is 20.9 Å². The number of aromatic nitrogens is 2. The average Bonchev–Trinajstić information content (AvgIpc) is 2.81. The highest BCUT2D eigenvalue weighted by molar-refractivity contribution is 9.10. The zero-order valence-corrected chi connectivity index (χ0v) is 12.0. The summed E-state index contributed by atoms with van der Waals surface area (Å²) in [6.07, 6.45) is 3.95. The van der Waals surface area contributed by atoms with Crippen LogP contribution in [0.1, 0.15) is 5.56 Å². The van der Waals surface area contributed by atoms with Crippen molar-refractivity contribution < 1.29 is 0 Å². The van der Waals surface area contributed by atoms with E-state index in [-0.39, 0.29) is 0 Å². The van der Waals surface area contributed by atoms with Gasteiger partial charge in [0, 0.05) is 16.4 Å². The van der Waals surface area contributed by atoms with E-state index in [1.165, 1.54) is 5.56 Å². The number of fused-ring (bicyclic) bond motifs is 1. The maximum Gasteiger partial charge on any atom is 0.172 e. The summed E-state index contributed by atoms with van der Waals surface area (Å²) in [5, 5.41) is 1.03. The number of benzene rings is 1. The van der Waals surface area contributed by atoms with Crippen molar-refractivity contribution in [3.05, 3.63) is 64.9 Å². The third-order valence-electron chi connectivity index (χ3n) is 2.72. The Labute approximate surface area is 118 Å². The van der Waals surface area contributed by atoms with Gasteiger partial charge in [0.25, 0.3) is 0 Å². The summed E-state index contributed by atoms with van der Waals surface area (Å²) in [4.78, 5) is 4.45. The summed E-state index contributed by atoms with van der Waals surface area (Å²) in [6, 6.07) is 14.4. The van der Waals surface area contributed by atoms with E-state index in [4.69, 9.17) is 0 Å². The molecule has 0 unspecified atom stereocenters. The quantitative estimate of drug-likeness (QED) is 0.666. The van der Waals surface area contributed by atoms with Gasteiger partial charge in [-0.1, -0.05) is 52.0 Å². The Morgan fingerprint density at radius 2 is 1.94 bits per heavy atom. The van der Waals surface area contributed by atoms with E-state index < -0.39 is 0 Å². The molecule has 2 aromatic heterocycles. The number of nitrogens with zero attached hydrogens (tertiary/aromatic N) is 2. The molecule has 0 radical (unpaired) electrons. The lowest BCUT2D eigenvalue weighted by molar-refractivity contribution is 0.957. The van der Waals surface area contributed by atoms with Crippen LogP contribution in [-0.4, -0.2) is 9.38 Å². The number of hydrogen-bond donors (Lipinski definition) is 0. The van der Waals surface area contributed by atoms with Crippen LogP contribution in [0.2, 0.25) is 0 Å². The smallest absolute Gasteiger partial charge is 0.172 e. The number of pyridine rings is 1. The van der Waals surface area contributed by atoms with Crippen molar-refractivity contribution in [1.82, 2.24) is 9.38 Å². The van der Waals surface area contributed by atoms with Crippen LogP contribution in [0.5, 0.6) is 0 Å². The van der Waals surface area contributed by atoms with Crippen LogP contribution < -0.4 is 0 Å². The topological polar surface area (TPSA) is 17.3 Å². The fourth-order valence-corrected chi connectivity index (χ4v) is 3.36. The van der Waals surface area contributed by atoms with Gasteiger partial charge < -0.3 is 0 Å². The first-order chi connectivity index (χ1) is 8.84. The molecule has 0 aliphatic rings. The summed E-state index contributed by atoms with van der Waals surface area (Å²) in [5.41, 5.74) is 2.42. The van der Waals surface area contributed by atoms with Crippen LogP contribution in [0.25, 0.3) is 5.52 Å². The normalized spacial score (nSPS) is 10.9. The Morgan fingerprint density at radius 3 is 2.83 bits per heavy atom. The lowest BCUT2D eigenvalue weighted by Gasteiger charge is -2.03. The summed E-state index contributed by atoms with van der Waals surface area (Å²) < 4.78 is 3.26. The zero-order chi connectivity index (χ0) is 12.4. The second-order valence-corrected chi connectivity index (χ2v) is 5.71. The minimum atomic E-state index is 0.912. The van der Waals surface area contributed by atoms with Crippen LogP contribution >= 0.6 is 27.7 Å². The molecule has 0 amide bonds. The van der Waals surface area contributed by atoms with E-state index in [2.05, 4.69) is 49.6 Å². The fourth-order valence-electron chi connectivity index (χ4n) is 1.78. The van der Waals surface area contributed by atoms with Gasteiger partial charge in [0.15, 0.2) is 5.16 Å². The van der Waals surface area contributed by atoms with Crippen molar-refractivity contribution in [1.29, 1.82) is 0 Å². The van der Waals surface area contributed by atoms with Crippen LogP contribution in [0.4, 0.5) is 0 Å². The second kappa shape index (κ2) is 5.16. The highest BCUT2D eigenvalue weighted by atomic mass is 79.9. The van der Waals surface area contributed by atoms with Crippen LogP contribution in [0.15, 0.2) is 64.5 Å². The highest BCUT2D eigenvalue weighted by Crippen LogP contribution is 2.26. The summed E-state index contributed by atoms with van der Waals surface area (Å²) in [7, 11) is 0. The molecule has 0 aliphatic carbocycles. The Hall–Kier alpha value is -1.26. The predicted octanol–water partition coefficient (Wildman–Crippen LogP) is 4.39. The van der Waals surface area contributed by atoms with Crippen molar-refractivity contribution >= 4 is 33.2 Å². The standard InChI is InChI=1S/C14H11BrN2S/c15-13-7-2-1-5-11(13)10-18-14-16-9-12-6-3-4-8-17(12)14/h1-9H,10H2. The maximum atomic E-state index is 4.45. The summed E-state index contributed by atoms with van der Waals surface area (Å²) >= 11 is 5.32. The summed E-state index contributed by atoms with van der Waals surface area (Å²) in [6.45, 7) is 0. The molecule has 3 aromatic rings. The molecule has 0 N–H and O–H groups in total. The lowest BCUT2D eigenvalue weighted by atomic mass is 10.2. The SMILES string of the molecule is Brc1ccccc1CSc1ncc2ccccn12. The van der Waals surface area contributed by atoms with Gasteiger partial charge in [0.05, 0.1) is 11.7 Å². The zero-order valence-electron chi connectivity index (χ0n) is 9.58. The van der Waals surface area contributed by atoms with E-state index in [1.54, 1.807) is 11.8 Å². The van der Waals surface area contributed by atoms with Gasteiger partial charge in [-0.05, 0) is 23.8 Å². The van der Waals surface area contributed by atoms with Crippen molar-refractivity contribution in [3.8, 4) is 0 Å². The molecule has 2 nitrogen and oxygen atoms in total. The molecule has 2 heterocycles. The van der Waals surface area contributed by atoms with Gasteiger partial charge in [-0.3, -0.25) is 4.40 Å². The molecule has 0 spiro atoms. The summed E-state index contributed by atoms with van der Waals surface area (Å²) in [5.74, 6) is 0.912. The first kappa shape index (κ1) is 11.8. The third-order valence-corrected chi connectivity index (χ3v) is 4.51. The Morgan fingerprint density at radius 1 is 1.11 bits per heavy atom. The number of imidazole rings is 1. The van der Waals surface area contributed by atoms with Crippen LogP contribution in [0, 0.1) is 0 Å². The number of hydrogen-bond acceptors (Lipinski definition) is 2. The molecule has 0 saturated heterocycles. The van der Waals surface area contributed by atoms with E-state index in [9.17, 15) is 0 Å². The number of thioether (sulfide) groups is 1. The fraction of sp³-hybridized carbons (Fsp3) is 0.0714. The molecule has 4 heteroatoms. The molecule has 0 saturated carbocycles. The van der Waals surface area contributed by atoms with Gasteiger partial charge in [0.2, 0.25) is 0 Å². The predicted molar refractivity (Wildman–Crippen MR) is 78.9 cm³/mol. The van der Waals surface area contributed by atoms with Gasteiger partial charge >= 0.3 is 0 Å². The molecule has 1 aromatic carbocycles. The van der Waals surface area contributed by atoms with Gasteiger partial charge in [-0.15, -0.1) is 0 Å². The lowest BCUT2D eigenvalue weighted by Crippen LogP contribution is -1.88. The highest BCUT2D eigenvalue weighted by Gasteiger charge is 2.05. The Balaban J connectivity index is 1.83.